The van der Waals surface area contributed by atoms with E-state index in [0.29, 0.717) is 22.6 Å². The van der Waals surface area contributed by atoms with E-state index >= 15 is 0 Å². The van der Waals surface area contributed by atoms with Crippen LogP contribution in [0.1, 0.15) is 62.1 Å². The highest BCUT2D eigenvalue weighted by molar-refractivity contribution is 7.80. The van der Waals surface area contributed by atoms with Crippen molar-refractivity contribution in [3.8, 4) is 5.75 Å². The van der Waals surface area contributed by atoms with Crippen molar-refractivity contribution in [2.24, 2.45) is 0 Å². The van der Waals surface area contributed by atoms with Gasteiger partial charge in [-0.25, -0.2) is 0 Å². The summed E-state index contributed by atoms with van der Waals surface area (Å²) in [5, 5.41) is 7.03. The summed E-state index contributed by atoms with van der Waals surface area (Å²) in [5.74, 6) is 0.444. The largest absolute Gasteiger partial charge is 0.495 e. The normalized spacial score (nSPS) is 20.4. The number of nitrogens with one attached hydrogen (secondary N) is 2. The van der Waals surface area contributed by atoms with Crippen LogP contribution < -0.4 is 20.3 Å². The summed E-state index contributed by atoms with van der Waals surface area (Å²) in [6, 6.07) is 16.3. The van der Waals surface area contributed by atoms with Crippen LogP contribution in [-0.2, 0) is 4.79 Å². The minimum absolute atomic E-state index is 0.100. The lowest BCUT2D eigenvalue weighted by atomic mass is 10.00. The number of carbonyl (C=O) groups excluding carboxylic acids is 1. The molecule has 0 radical (unpaired) electrons. The molecule has 0 unspecified atom stereocenters. The molecule has 5 rings (SSSR count). The zero-order valence-electron chi connectivity index (χ0n) is 19.4. The highest BCUT2D eigenvalue weighted by atomic mass is 32.1. The summed E-state index contributed by atoms with van der Waals surface area (Å²) in [6.45, 7) is 1.49. The number of hydrogen-bond donors (Lipinski definition) is 2. The fourth-order valence-corrected chi connectivity index (χ4v) is 5.59. The van der Waals surface area contributed by atoms with Crippen LogP contribution >= 0.6 is 12.2 Å². The van der Waals surface area contributed by atoms with Crippen molar-refractivity contribution in [1.82, 2.24) is 14.9 Å². The predicted molar refractivity (Wildman–Crippen MR) is 137 cm³/mol. The Morgan fingerprint density at radius 1 is 1.18 bits per heavy atom. The van der Waals surface area contributed by atoms with Crippen molar-refractivity contribution < 1.29 is 9.53 Å². The van der Waals surface area contributed by atoms with E-state index < -0.39 is 0 Å². The Labute approximate surface area is 205 Å². The number of anilines is 2. The van der Waals surface area contributed by atoms with Gasteiger partial charge in [0.2, 0.25) is 5.91 Å². The number of pyridine rings is 1. The first-order chi connectivity index (χ1) is 16.6. The third-order valence-corrected chi connectivity index (χ3v) is 7.02. The smallest absolute Gasteiger partial charge is 0.221 e. The minimum atomic E-state index is -0.157. The molecule has 0 bridgehead atoms. The molecule has 3 heterocycles. The Morgan fingerprint density at radius 2 is 2.00 bits per heavy atom. The molecular formula is C26H29N5O2S. The Bertz CT molecular complexity index is 1190. The van der Waals surface area contributed by atoms with Gasteiger partial charge in [-0.1, -0.05) is 18.9 Å². The molecule has 8 heteroatoms. The zero-order chi connectivity index (χ0) is 23.7. The predicted octanol–water partition coefficient (Wildman–Crippen LogP) is 5.14. The van der Waals surface area contributed by atoms with Gasteiger partial charge in [0.1, 0.15) is 11.8 Å². The van der Waals surface area contributed by atoms with Crippen molar-refractivity contribution in [2.45, 2.75) is 50.7 Å². The van der Waals surface area contributed by atoms with Gasteiger partial charge in [-0.15, -0.1) is 0 Å². The average molecular weight is 476 g/mol. The summed E-state index contributed by atoms with van der Waals surface area (Å²) in [7, 11) is 1.59. The van der Waals surface area contributed by atoms with E-state index in [1.54, 1.807) is 7.11 Å². The molecule has 2 N–H and O–H groups in total. The molecule has 1 aromatic carbocycles. The Balaban J connectivity index is 1.62. The van der Waals surface area contributed by atoms with Gasteiger partial charge in [0.25, 0.3) is 0 Å². The van der Waals surface area contributed by atoms with Crippen LogP contribution in [0.15, 0.2) is 60.9 Å². The van der Waals surface area contributed by atoms with E-state index in [0.717, 1.165) is 11.4 Å². The number of hydrogen-bond acceptors (Lipinski definition) is 4. The van der Waals surface area contributed by atoms with Gasteiger partial charge in [0.15, 0.2) is 5.11 Å². The molecule has 34 heavy (non-hydrogen) atoms. The van der Waals surface area contributed by atoms with Crippen LogP contribution in [0, 0.1) is 0 Å². The molecule has 1 aliphatic carbocycles. The molecule has 7 nitrogen and oxygen atoms in total. The third-order valence-electron chi connectivity index (χ3n) is 6.70. The maximum absolute atomic E-state index is 11.8. The van der Waals surface area contributed by atoms with Crippen LogP contribution in [0.25, 0.3) is 0 Å². The van der Waals surface area contributed by atoms with E-state index in [2.05, 4.69) is 43.4 Å². The highest BCUT2D eigenvalue weighted by Crippen LogP contribution is 2.45. The van der Waals surface area contributed by atoms with Gasteiger partial charge >= 0.3 is 0 Å². The van der Waals surface area contributed by atoms with Gasteiger partial charge in [0.05, 0.1) is 24.5 Å². The molecule has 3 aromatic rings. The number of aromatic nitrogens is 2. The first-order valence-corrected chi connectivity index (χ1v) is 12.1. The lowest BCUT2D eigenvalue weighted by molar-refractivity contribution is -0.114. The number of amides is 1. The number of rotatable bonds is 6. The van der Waals surface area contributed by atoms with Gasteiger partial charge in [-0.3, -0.25) is 9.78 Å². The topological polar surface area (TPSA) is 71.4 Å². The summed E-state index contributed by atoms with van der Waals surface area (Å²) >= 11 is 5.88. The van der Waals surface area contributed by atoms with Crippen LogP contribution in [-0.4, -0.2) is 27.7 Å². The number of methoxy groups -OCH3 is 1. The maximum atomic E-state index is 11.8. The molecule has 1 aliphatic heterocycles. The molecule has 176 valence electrons. The van der Waals surface area contributed by atoms with E-state index in [4.69, 9.17) is 17.0 Å². The second kappa shape index (κ2) is 9.46. The number of nitrogens with zero attached hydrogens (tertiary/aromatic N) is 3. The maximum Gasteiger partial charge on any atom is 0.221 e. The van der Waals surface area contributed by atoms with E-state index in [1.807, 2.05) is 42.6 Å². The fourth-order valence-electron chi connectivity index (χ4n) is 5.24. The molecule has 1 saturated carbocycles. The Morgan fingerprint density at radius 3 is 2.71 bits per heavy atom. The second-order valence-electron chi connectivity index (χ2n) is 8.84. The van der Waals surface area contributed by atoms with E-state index in [-0.39, 0.29) is 18.0 Å². The first-order valence-electron chi connectivity index (χ1n) is 11.7. The Hall–Kier alpha value is -3.39. The van der Waals surface area contributed by atoms with Crippen molar-refractivity contribution in [3.63, 3.8) is 0 Å². The van der Waals surface area contributed by atoms with Crippen LogP contribution in [0.4, 0.5) is 11.4 Å². The van der Waals surface area contributed by atoms with E-state index in [9.17, 15) is 4.79 Å². The number of thiocarbonyl (C=S) groups is 1. The van der Waals surface area contributed by atoms with E-state index in [1.165, 1.54) is 38.3 Å². The molecular weight excluding hydrogens is 446 g/mol. The zero-order valence-corrected chi connectivity index (χ0v) is 20.2. The summed E-state index contributed by atoms with van der Waals surface area (Å²) in [5.41, 5.74) is 3.63. The van der Waals surface area contributed by atoms with Crippen LogP contribution in [0.2, 0.25) is 0 Å². The number of benzene rings is 1. The van der Waals surface area contributed by atoms with Crippen LogP contribution in [0.5, 0.6) is 5.75 Å². The molecule has 1 saturated heterocycles. The van der Waals surface area contributed by atoms with Gasteiger partial charge in [-0.05, 0) is 67.5 Å². The lowest BCUT2D eigenvalue weighted by Gasteiger charge is -2.30. The quantitative estimate of drug-likeness (QED) is 0.481. The highest BCUT2D eigenvalue weighted by Gasteiger charge is 2.42. The first kappa shape index (κ1) is 22.4. The summed E-state index contributed by atoms with van der Waals surface area (Å²) in [6.07, 6.45) is 8.91. The molecule has 2 fully saturated rings. The minimum Gasteiger partial charge on any atom is -0.495 e. The fraction of sp³-hybridized carbons (Fsp3) is 0.346. The van der Waals surface area contributed by atoms with Crippen molar-refractivity contribution in [1.29, 1.82) is 0 Å². The summed E-state index contributed by atoms with van der Waals surface area (Å²) < 4.78 is 7.90. The van der Waals surface area contributed by atoms with Crippen molar-refractivity contribution >= 4 is 34.6 Å². The summed E-state index contributed by atoms with van der Waals surface area (Å²) in [4.78, 5) is 18.6. The monoisotopic (exact) mass is 475 g/mol. The van der Waals surface area contributed by atoms with Gasteiger partial charge in [0, 0.05) is 36.7 Å². The van der Waals surface area contributed by atoms with Gasteiger partial charge in [-0.2, -0.15) is 0 Å². The number of ether oxygens (including phenoxy) is 1. The van der Waals surface area contributed by atoms with Gasteiger partial charge < -0.3 is 24.8 Å². The second-order valence-corrected chi connectivity index (χ2v) is 9.23. The molecule has 1 amide bonds. The number of carbonyl (C=O) groups is 1. The molecule has 2 atom stereocenters. The lowest BCUT2D eigenvalue weighted by Crippen LogP contribution is -2.30. The van der Waals surface area contributed by atoms with Crippen molar-refractivity contribution in [3.05, 3.63) is 72.3 Å². The average Bonchev–Trinajstić information content (AvgIpc) is 3.58. The Kier molecular flexibility index (Phi) is 6.24. The SMILES string of the molecule is COc1ccc(N2C(=S)N[C@H](c3ccccn3)[C@@H]2c2cccn2C2CCCC2)cc1NC(C)=O. The third kappa shape index (κ3) is 4.14. The molecule has 0 spiro atoms. The molecule has 2 aromatic heterocycles. The van der Waals surface area contributed by atoms with Crippen LogP contribution in [0.3, 0.4) is 0 Å². The molecule has 2 aliphatic rings. The van der Waals surface area contributed by atoms with Crippen molar-refractivity contribution in [2.75, 3.05) is 17.3 Å². The standard InChI is InChI=1S/C26H29N5O2S/c1-17(32)28-21-16-19(12-13-23(21)33-2)31-25(22-11-7-15-30(22)18-8-3-4-9-18)24(29-26(31)34)20-10-5-6-14-27-20/h5-7,10-16,18,24-25H,3-4,8-9H2,1-2H3,(H,28,32)(H,29,34)/t24-,25+/m1/s1.